The lowest BCUT2D eigenvalue weighted by molar-refractivity contribution is -0.727. The van der Waals surface area contributed by atoms with E-state index in [-0.39, 0.29) is 0 Å². The molecule has 0 aliphatic rings. The first-order valence-corrected chi connectivity index (χ1v) is 14.8. The van der Waals surface area contributed by atoms with E-state index in [1.807, 2.05) is 0 Å². The van der Waals surface area contributed by atoms with E-state index in [4.69, 9.17) is 0 Å². The van der Waals surface area contributed by atoms with E-state index < -0.39 is 0 Å². The largest absolute Gasteiger partial charge is 0.257 e. The summed E-state index contributed by atoms with van der Waals surface area (Å²) in [6, 6.07) is 0.621. The number of H-pyrrole nitrogens is 1. The van der Waals surface area contributed by atoms with Crippen molar-refractivity contribution in [3.8, 4) is 0 Å². The van der Waals surface area contributed by atoms with Gasteiger partial charge in [0.1, 0.15) is 12.4 Å². The Labute approximate surface area is 202 Å². The topological polar surface area (TPSA) is 19.7 Å². The zero-order chi connectivity index (χ0) is 23.3. The molecule has 2 nitrogen and oxygen atoms in total. The highest BCUT2D eigenvalue weighted by Crippen LogP contribution is 2.21. The van der Waals surface area contributed by atoms with E-state index in [9.17, 15) is 0 Å². The van der Waals surface area contributed by atoms with Gasteiger partial charge in [-0.05, 0) is 26.2 Å². The van der Waals surface area contributed by atoms with E-state index in [0.29, 0.717) is 12.0 Å². The number of aromatic nitrogens is 2. The fourth-order valence-corrected chi connectivity index (χ4v) is 5.10. The number of rotatable bonds is 23. The predicted octanol–water partition coefficient (Wildman–Crippen LogP) is 10.2. The van der Waals surface area contributed by atoms with Crippen LogP contribution in [0.3, 0.4) is 0 Å². The monoisotopic (exact) mass is 447 g/mol. The molecule has 0 aliphatic carbocycles. The van der Waals surface area contributed by atoms with E-state index in [2.05, 4.69) is 49.6 Å². The molecular weight excluding hydrogens is 388 g/mol. The highest BCUT2D eigenvalue weighted by Gasteiger charge is 2.22. The molecule has 0 spiro atoms. The third-order valence-corrected chi connectivity index (χ3v) is 7.40. The van der Waals surface area contributed by atoms with Gasteiger partial charge in [-0.25, -0.2) is 9.55 Å². The number of nitrogens with zero attached hydrogens (tertiary/aromatic N) is 1. The molecule has 188 valence electrons. The van der Waals surface area contributed by atoms with Crippen LogP contribution < -0.4 is 4.57 Å². The predicted molar refractivity (Wildman–Crippen MR) is 142 cm³/mol. The van der Waals surface area contributed by atoms with Gasteiger partial charge in [0, 0.05) is 0 Å². The summed E-state index contributed by atoms with van der Waals surface area (Å²) in [5, 5.41) is 0. The van der Waals surface area contributed by atoms with Crippen LogP contribution in [0.1, 0.15) is 180 Å². The van der Waals surface area contributed by atoms with Crippen molar-refractivity contribution < 1.29 is 4.57 Å². The van der Waals surface area contributed by atoms with Gasteiger partial charge in [-0.3, -0.25) is 0 Å². The number of hydrogen-bond acceptors (Lipinski definition) is 0. The average molecular weight is 448 g/mol. The third kappa shape index (κ3) is 14.4. The first-order valence-electron chi connectivity index (χ1n) is 14.8. The van der Waals surface area contributed by atoms with Gasteiger partial charge >= 0.3 is 0 Å². The lowest BCUT2D eigenvalue weighted by Crippen LogP contribution is -2.40. The second kappa shape index (κ2) is 20.8. The summed E-state index contributed by atoms with van der Waals surface area (Å²) in [5.74, 6) is 2.09. The standard InChI is InChI=1S/C30H58N2/c1-5-7-9-11-13-14-15-16-17-18-19-21-23-25-29(4)32-27-26-31-30(32)28(3)24-22-20-12-10-8-6-2/h26-29H,5-25H2,1-4H3/p+1. The van der Waals surface area contributed by atoms with Gasteiger partial charge in [-0.2, -0.15) is 0 Å². The van der Waals surface area contributed by atoms with Crippen molar-refractivity contribution >= 4 is 0 Å². The molecule has 1 heterocycles. The van der Waals surface area contributed by atoms with Gasteiger partial charge in [0.05, 0.1) is 12.0 Å². The molecule has 32 heavy (non-hydrogen) atoms. The van der Waals surface area contributed by atoms with Gasteiger partial charge in [-0.1, -0.05) is 136 Å². The Bertz CT molecular complexity index is 507. The van der Waals surface area contributed by atoms with Crippen molar-refractivity contribution in [2.75, 3.05) is 0 Å². The number of hydrogen-bond donors (Lipinski definition) is 1. The second-order valence-electron chi connectivity index (χ2n) is 10.6. The minimum atomic E-state index is 0.621. The zero-order valence-electron chi connectivity index (χ0n) is 22.6. The van der Waals surface area contributed by atoms with Crippen molar-refractivity contribution in [2.24, 2.45) is 0 Å². The Balaban J connectivity index is 2.06. The maximum atomic E-state index is 3.56. The number of unbranched alkanes of at least 4 members (excludes halogenated alkanes) is 17. The average Bonchev–Trinajstić information content (AvgIpc) is 3.29. The van der Waals surface area contributed by atoms with Gasteiger partial charge in [0.15, 0.2) is 0 Å². The fourth-order valence-electron chi connectivity index (χ4n) is 5.10. The van der Waals surface area contributed by atoms with Crippen LogP contribution in [0, 0.1) is 0 Å². The molecule has 0 saturated heterocycles. The van der Waals surface area contributed by atoms with Crippen LogP contribution in [0.4, 0.5) is 0 Å². The maximum Gasteiger partial charge on any atom is 0.257 e. The first kappa shape index (κ1) is 29.2. The Hall–Kier alpha value is -0.790. The van der Waals surface area contributed by atoms with Crippen molar-refractivity contribution in [3.63, 3.8) is 0 Å². The van der Waals surface area contributed by atoms with Gasteiger partial charge < -0.3 is 0 Å². The van der Waals surface area contributed by atoms with E-state index in [1.165, 1.54) is 141 Å². The molecule has 2 heteroatoms. The van der Waals surface area contributed by atoms with Crippen molar-refractivity contribution in [1.29, 1.82) is 0 Å². The van der Waals surface area contributed by atoms with Crippen molar-refractivity contribution in [1.82, 2.24) is 4.98 Å². The van der Waals surface area contributed by atoms with Gasteiger partial charge in [0.25, 0.3) is 5.82 Å². The molecule has 1 N–H and O–H groups in total. The number of aromatic amines is 1. The molecule has 0 bridgehead atoms. The molecule has 1 aromatic rings. The molecule has 0 amide bonds. The quantitative estimate of drug-likeness (QED) is 0.127. The van der Waals surface area contributed by atoms with Crippen LogP contribution in [0.15, 0.2) is 12.4 Å². The molecule has 0 radical (unpaired) electrons. The number of nitrogens with one attached hydrogen (secondary N) is 1. The Kier molecular flexibility index (Phi) is 19.0. The van der Waals surface area contributed by atoms with E-state index in [1.54, 1.807) is 0 Å². The molecule has 2 atom stereocenters. The zero-order valence-corrected chi connectivity index (χ0v) is 22.6. The van der Waals surface area contributed by atoms with Gasteiger partial charge in [0.2, 0.25) is 0 Å². The summed E-state index contributed by atoms with van der Waals surface area (Å²) in [5.41, 5.74) is 0. The second-order valence-corrected chi connectivity index (χ2v) is 10.6. The third-order valence-electron chi connectivity index (χ3n) is 7.40. The summed E-state index contributed by atoms with van der Waals surface area (Å²) < 4.78 is 2.53. The highest BCUT2D eigenvalue weighted by molar-refractivity contribution is 4.87. The van der Waals surface area contributed by atoms with E-state index in [0.717, 1.165) is 0 Å². The Morgan fingerprint density at radius 1 is 0.594 bits per heavy atom. The molecule has 0 aromatic carbocycles. The summed E-state index contributed by atoms with van der Waals surface area (Å²) in [6.07, 6.45) is 34.1. The Morgan fingerprint density at radius 2 is 1.00 bits per heavy atom. The minimum absolute atomic E-state index is 0.621. The summed E-state index contributed by atoms with van der Waals surface area (Å²) >= 11 is 0. The number of imidazole rings is 1. The maximum absolute atomic E-state index is 3.56. The van der Waals surface area contributed by atoms with Crippen LogP contribution in [-0.2, 0) is 0 Å². The highest BCUT2D eigenvalue weighted by atomic mass is 15.1. The summed E-state index contributed by atoms with van der Waals surface area (Å²) in [7, 11) is 0. The summed E-state index contributed by atoms with van der Waals surface area (Å²) in [6.45, 7) is 9.42. The van der Waals surface area contributed by atoms with Crippen molar-refractivity contribution in [3.05, 3.63) is 18.2 Å². The molecule has 1 aromatic heterocycles. The minimum Gasteiger partial charge on any atom is -0.247 e. The molecule has 1 rings (SSSR count). The van der Waals surface area contributed by atoms with Crippen LogP contribution in [-0.4, -0.2) is 4.98 Å². The van der Waals surface area contributed by atoms with Crippen LogP contribution in [0.25, 0.3) is 0 Å². The molecule has 2 unspecified atom stereocenters. The fraction of sp³-hybridized carbons (Fsp3) is 0.900. The molecule has 0 fully saturated rings. The lowest BCUT2D eigenvalue weighted by Gasteiger charge is -2.14. The van der Waals surface area contributed by atoms with Crippen molar-refractivity contribution in [2.45, 2.75) is 174 Å². The van der Waals surface area contributed by atoms with Crippen LogP contribution in [0.5, 0.6) is 0 Å². The van der Waals surface area contributed by atoms with Crippen LogP contribution >= 0.6 is 0 Å². The smallest absolute Gasteiger partial charge is 0.247 e. The Morgan fingerprint density at radius 3 is 1.47 bits per heavy atom. The SMILES string of the molecule is CCCCCCCCCCCCCCCC(C)[n+]1cc[nH]c1C(C)CCCCCCCC. The molecule has 0 aliphatic heterocycles. The van der Waals surface area contributed by atoms with E-state index >= 15 is 0 Å². The first-order chi connectivity index (χ1) is 15.7. The summed E-state index contributed by atoms with van der Waals surface area (Å²) in [4.78, 5) is 3.56. The lowest BCUT2D eigenvalue weighted by atomic mass is 10.00. The van der Waals surface area contributed by atoms with Gasteiger partial charge in [-0.15, -0.1) is 0 Å². The normalized spacial score (nSPS) is 13.5. The molecule has 0 saturated carbocycles. The molecular formula is C30H59N2+. The van der Waals surface area contributed by atoms with Crippen LogP contribution in [0.2, 0.25) is 0 Å².